The van der Waals surface area contributed by atoms with Crippen molar-refractivity contribution in [3.63, 3.8) is 0 Å². The Morgan fingerprint density at radius 1 is 1.55 bits per heavy atom. The standard InChI is InChI=1S/C15H23N3O2/c1-4-20-15(19)13-14(16)18(9-10(2)3)12-8-6-5-7-11(12)17-13/h8,10,16,19H,4-7,9H2,1-3H3/b15-13-,16-14?. The Bertz CT molecular complexity index is 659. The van der Waals surface area contributed by atoms with Crippen LogP contribution in [0.3, 0.4) is 0 Å². The molecule has 2 rings (SSSR count). The van der Waals surface area contributed by atoms with Crippen molar-refractivity contribution in [3.8, 4) is 0 Å². The summed E-state index contributed by atoms with van der Waals surface area (Å²) in [6, 6.07) is 0. The Kier molecular flexibility index (Phi) is 4.47. The van der Waals surface area contributed by atoms with Crippen molar-refractivity contribution in [2.75, 3.05) is 6.61 Å². The second kappa shape index (κ2) is 6.11. The lowest BCUT2D eigenvalue weighted by Gasteiger charge is -2.17. The van der Waals surface area contributed by atoms with Gasteiger partial charge in [-0.1, -0.05) is 19.9 Å². The molecule has 0 bridgehead atoms. The number of nitrogens with one attached hydrogen (secondary N) is 1. The largest absolute Gasteiger partial charge is 0.479 e. The van der Waals surface area contributed by atoms with Crippen LogP contribution in [0.4, 0.5) is 0 Å². The fourth-order valence-corrected chi connectivity index (χ4v) is 2.48. The molecule has 0 fully saturated rings. The van der Waals surface area contributed by atoms with Crippen molar-refractivity contribution in [1.82, 2.24) is 9.55 Å². The summed E-state index contributed by atoms with van der Waals surface area (Å²) in [6.07, 6.45) is 5.12. The second-order valence-corrected chi connectivity index (χ2v) is 5.48. The van der Waals surface area contributed by atoms with Crippen molar-refractivity contribution in [3.05, 3.63) is 21.9 Å². The first-order valence-electron chi connectivity index (χ1n) is 7.25. The van der Waals surface area contributed by atoms with Crippen LogP contribution in [0.15, 0.2) is 0 Å². The molecule has 1 aromatic rings. The van der Waals surface area contributed by atoms with Crippen LogP contribution < -0.4 is 16.2 Å². The summed E-state index contributed by atoms with van der Waals surface area (Å²) >= 11 is 0. The lowest BCUT2D eigenvalue weighted by Crippen LogP contribution is -2.49. The minimum atomic E-state index is -0.247. The molecule has 2 N–H and O–H groups in total. The van der Waals surface area contributed by atoms with E-state index in [4.69, 9.17) is 10.1 Å². The molecule has 0 atom stereocenters. The number of aromatic nitrogens is 2. The molecule has 0 saturated heterocycles. The summed E-state index contributed by atoms with van der Waals surface area (Å²) in [5, 5.41) is 19.5. The van der Waals surface area contributed by atoms with Crippen molar-refractivity contribution in [2.45, 2.75) is 46.6 Å². The fourth-order valence-electron chi connectivity index (χ4n) is 2.48. The van der Waals surface area contributed by atoms with Gasteiger partial charge in [0.05, 0.1) is 17.6 Å². The average Bonchev–Trinajstić information content (AvgIpc) is 2.41. The van der Waals surface area contributed by atoms with Gasteiger partial charge in [0.2, 0.25) is 0 Å². The summed E-state index contributed by atoms with van der Waals surface area (Å²) in [4.78, 5) is 4.45. The molecular formula is C15H23N3O2. The highest BCUT2D eigenvalue weighted by Gasteiger charge is 2.12. The van der Waals surface area contributed by atoms with E-state index in [1.54, 1.807) is 6.92 Å². The van der Waals surface area contributed by atoms with Crippen LogP contribution in [0.2, 0.25) is 0 Å². The third-order valence-electron chi connectivity index (χ3n) is 3.31. The predicted octanol–water partition coefficient (Wildman–Crippen LogP) is 0.796. The number of aliphatic hydroxyl groups excluding tert-OH is 1. The molecule has 1 aliphatic rings. The predicted molar refractivity (Wildman–Crippen MR) is 77.2 cm³/mol. The number of ether oxygens (including phenoxy) is 1. The minimum Gasteiger partial charge on any atom is -0.479 e. The number of hydrogen-bond donors (Lipinski definition) is 2. The normalized spacial score (nSPS) is 15.6. The summed E-state index contributed by atoms with van der Waals surface area (Å²) in [5.41, 5.74) is 1.18. The summed E-state index contributed by atoms with van der Waals surface area (Å²) in [5.74, 6) is 0.177. The van der Waals surface area contributed by atoms with Gasteiger partial charge >= 0.3 is 5.95 Å². The molecule has 0 spiro atoms. The highest BCUT2D eigenvalue weighted by atomic mass is 16.6. The third kappa shape index (κ3) is 2.86. The Hall–Kier alpha value is -1.78. The fraction of sp³-hybridized carbons (Fsp3) is 0.600. The molecule has 1 heterocycles. The van der Waals surface area contributed by atoms with E-state index < -0.39 is 0 Å². The van der Waals surface area contributed by atoms with Gasteiger partial charge in [-0.25, -0.2) is 4.98 Å². The summed E-state index contributed by atoms with van der Waals surface area (Å²) in [7, 11) is 0. The highest BCUT2D eigenvalue weighted by molar-refractivity contribution is 5.28. The van der Waals surface area contributed by atoms with E-state index >= 15 is 0 Å². The van der Waals surface area contributed by atoms with Gasteiger partial charge in [0, 0.05) is 6.54 Å². The first kappa shape index (κ1) is 14.6. The maximum atomic E-state index is 9.95. The number of nitrogens with zero attached hydrogens (tertiary/aromatic N) is 2. The van der Waals surface area contributed by atoms with Gasteiger partial charge in [0.15, 0.2) is 10.8 Å². The lowest BCUT2D eigenvalue weighted by molar-refractivity contribution is 0.187. The molecule has 5 nitrogen and oxygen atoms in total. The van der Waals surface area contributed by atoms with E-state index in [-0.39, 0.29) is 16.8 Å². The molecule has 0 radical (unpaired) electrons. The van der Waals surface area contributed by atoms with Gasteiger partial charge in [0.1, 0.15) is 0 Å². The first-order chi connectivity index (χ1) is 9.54. The molecule has 20 heavy (non-hydrogen) atoms. The zero-order chi connectivity index (χ0) is 14.7. The van der Waals surface area contributed by atoms with Gasteiger partial charge in [0.25, 0.3) is 0 Å². The molecule has 0 unspecified atom stereocenters. The van der Waals surface area contributed by atoms with E-state index in [1.165, 1.54) is 0 Å². The van der Waals surface area contributed by atoms with Crippen molar-refractivity contribution in [2.24, 2.45) is 5.92 Å². The smallest absolute Gasteiger partial charge is 0.307 e. The van der Waals surface area contributed by atoms with Gasteiger partial charge in [-0.3, -0.25) is 5.41 Å². The van der Waals surface area contributed by atoms with E-state index in [0.717, 1.165) is 36.9 Å². The number of aliphatic hydroxyl groups is 1. The quantitative estimate of drug-likeness (QED) is 0.855. The molecule has 5 heteroatoms. The maximum absolute atomic E-state index is 9.95. The average molecular weight is 277 g/mol. The van der Waals surface area contributed by atoms with E-state index in [2.05, 4.69) is 24.9 Å². The van der Waals surface area contributed by atoms with Crippen LogP contribution in [0.25, 0.3) is 12.0 Å². The van der Waals surface area contributed by atoms with Gasteiger partial charge in [-0.2, -0.15) is 0 Å². The summed E-state index contributed by atoms with van der Waals surface area (Å²) < 4.78 is 7.07. The van der Waals surface area contributed by atoms with Gasteiger partial charge < -0.3 is 14.4 Å². The maximum Gasteiger partial charge on any atom is 0.307 e. The molecule has 0 amide bonds. The number of aryl methyl sites for hydroxylation is 1. The zero-order valence-electron chi connectivity index (χ0n) is 12.4. The van der Waals surface area contributed by atoms with Crippen molar-refractivity contribution >= 4 is 12.0 Å². The van der Waals surface area contributed by atoms with Gasteiger partial charge in [-0.05, 0) is 32.1 Å². The topological polar surface area (TPSA) is 71.1 Å². The van der Waals surface area contributed by atoms with Crippen LogP contribution in [0.1, 0.15) is 39.3 Å². The molecular weight excluding hydrogens is 254 g/mol. The molecule has 110 valence electrons. The molecule has 0 aromatic carbocycles. The Balaban J connectivity index is 2.75. The van der Waals surface area contributed by atoms with Crippen LogP contribution in [-0.2, 0) is 17.7 Å². The Labute approximate surface area is 118 Å². The lowest BCUT2D eigenvalue weighted by atomic mass is 10.1. The van der Waals surface area contributed by atoms with Crippen LogP contribution >= 0.6 is 0 Å². The van der Waals surface area contributed by atoms with Crippen LogP contribution in [0, 0.1) is 11.3 Å². The SMILES string of the molecule is CCO/C(O)=c1\nc2c(n(CC(C)C)c1=N)=CCCC2. The van der Waals surface area contributed by atoms with E-state index in [1.807, 2.05) is 4.57 Å². The molecule has 0 aliphatic heterocycles. The van der Waals surface area contributed by atoms with Crippen LogP contribution in [0.5, 0.6) is 0 Å². The molecule has 0 saturated carbocycles. The minimum absolute atomic E-state index is 0.224. The zero-order valence-corrected chi connectivity index (χ0v) is 12.4. The first-order valence-corrected chi connectivity index (χ1v) is 7.25. The van der Waals surface area contributed by atoms with Gasteiger partial charge in [-0.15, -0.1) is 0 Å². The number of hydrogen-bond acceptors (Lipinski definition) is 4. The molecule has 1 aromatic heterocycles. The molecule has 1 aliphatic carbocycles. The number of fused-ring (bicyclic) bond motifs is 1. The Morgan fingerprint density at radius 2 is 2.30 bits per heavy atom. The van der Waals surface area contributed by atoms with Crippen molar-refractivity contribution < 1.29 is 9.84 Å². The highest BCUT2D eigenvalue weighted by Crippen LogP contribution is 2.03. The van der Waals surface area contributed by atoms with Crippen molar-refractivity contribution in [1.29, 1.82) is 5.41 Å². The number of rotatable bonds is 4. The second-order valence-electron chi connectivity index (χ2n) is 5.48. The monoisotopic (exact) mass is 277 g/mol. The van der Waals surface area contributed by atoms with E-state index in [9.17, 15) is 5.11 Å². The third-order valence-corrected chi connectivity index (χ3v) is 3.31. The Morgan fingerprint density at radius 3 is 2.95 bits per heavy atom. The van der Waals surface area contributed by atoms with Crippen LogP contribution in [-0.4, -0.2) is 21.3 Å². The summed E-state index contributed by atoms with van der Waals surface area (Å²) in [6.45, 7) is 7.14. The van der Waals surface area contributed by atoms with E-state index in [0.29, 0.717) is 12.5 Å².